The van der Waals surface area contributed by atoms with Gasteiger partial charge in [0, 0.05) is 17.8 Å². The monoisotopic (exact) mass is 275 g/mol. The maximum Gasteiger partial charge on any atom is 0.219 e. The number of nitrogens with zero attached hydrogens (tertiary/aromatic N) is 1. The Balaban J connectivity index is 2.44. The van der Waals surface area contributed by atoms with Crippen LogP contribution in [0.2, 0.25) is 0 Å². The van der Waals surface area contributed by atoms with Gasteiger partial charge in [0.15, 0.2) is 0 Å². The lowest BCUT2D eigenvalue weighted by molar-refractivity contribution is 0.212. The van der Waals surface area contributed by atoms with Crippen molar-refractivity contribution < 1.29 is 19.3 Å². The minimum absolute atomic E-state index is 0.391. The fourth-order valence-corrected chi connectivity index (χ4v) is 1.95. The fraction of sp³-hybridized carbons (Fsp3) is 0.267. The first-order valence-corrected chi connectivity index (χ1v) is 6.09. The molecule has 5 nitrogen and oxygen atoms in total. The number of ether oxygens (including phenoxy) is 3. The summed E-state index contributed by atoms with van der Waals surface area (Å²) < 4.78 is 15.6. The van der Waals surface area contributed by atoms with Gasteiger partial charge in [-0.05, 0) is 29.8 Å². The number of hydrogen-bond acceptors (Lipinski definition) is 5. The largest absolute Gasteiger partial charge is 0.497 e. The maximum atomic E-state index is 10.5. The molecule has 2 aromatic rings. The van der Waals surface area contributed by atoms with Crippen molar-refractivity contribution in [3.8, 4) is 17.4 Å². The van der Waals surface area contributed by atoms with E-state index >= 15 is 0 Å². The lowest BCUT2D eigenvalue weighted by atomic mass is 10.0. The van der Waals surface area contributed by atoms with E-state index in [9.17, 15) is 5.11 Å². The van der Waals surface area contributed by atoms with E-state index < -0.39 is 6.10 Å². The van der Waals surface area contributed by atoms with Gasteiger partial charge in [-0.3, -0.25) is 0 Å². The van der Waals surface area contributed by atoms with Crippen molar-refractivity contribution in [3.63, 3.8) is 0 Å². The summed E-state index contributed by atoms with van der Waals surface area (Å²) in [7, 11) is 4.65. The Morgan fingerprint density at radius 1 is 1.00 bits per heavy atom. The van der Waals surface area contributed by atoms with E-state index in [1.54, 1.807) is 50.7 Å². The molecule has 0 spiro atoms. The molecule has 2 rings (SSSR count). The number of pyridine rings is 1. The highest BCUT2D eigenvalue weighted by atomic mass is 16.5. The molecule has 1 heterocycles. The van der Waals surface area contributed by atoms with Crippen LogP contribution in [-0.2, 0) is 0 Å². The molecule has 0 saturated carbocycles. The number of rotatable bonds is 5. The summed E-state index contributed by atoms with van der Waals surface area (Å²) in [4.78, 5) is 4.08. The van der Waals surface area contributed by atoms with Crippen molar-refractivity contribution in [2.75, 3.05) is 21.3 Å². The van der Waals surface area contributed by atoms with Crippen molar-refractivity contribution in [1.82, 2.24) is 4.98 Å². The molecule has 5 heteroatoms. The average Bonchev–Trinajstić information content (AvgIpc) is 2.53. The molecule has 1 atom stereocenters. The van der Waals surface area contributed by atoms with Gasteiger partial charge in [0.1, 0.15) is 17.6 Å². The molecule has 1 N–H and O–H groups in total. The van der Waals surface area contributed by atoms with Crippen LogP contribution in [0.5, 0.6) is 17.4 Å². The molecule has 0 amide bonds. The Morgan fingerprint density at radius 2 is 1.65 bits per heavy atom. The highest BCUT2D eigenvalue weighted by Crippen LogP contribution is 2.32. The summed E-state index contributed by atoms with van der Waals surface area (Å²) in [5, 5.41) is 10.5. The van der Waals surface area contributed by atoms with Crippen molar-refractivity contribution in [3.05, 3.63) is 47.7 Å². The van der Waals surface area contributed by atoms with Gasteiger partial charge in [-0.1, -0.05) is 0 Å². The van der Waals surface area contributed by atoms with Crippen molar-refractivity contribution in [2.45, 2.75) is 6.10 Å². The Morgan fingerprint density at radius 3 is 2.20 bits per heavy atom. The third kappa shape index (κ3) is 2.83. The fourth-order valence-electron chi connectivity index (χ4n) is 1.95. The number of aromatic nitrogens is 1. The lowest BCUT2D eigenvalue weighted by Gasteiger charge is -2.16. The molecule has 0 fully saturated rings. The van der Waals surface area contributed by atoms with Gasteiger partial charge >= 0.3 is 0 Å². The van der Waals surface area contributed by atoms with Crippen LogP contribution in [0.3, 0.4) is 0 Å². The van der Waals surface area contributed by atoms with Gasteiger partial charge in [-0.2, -0.15) is 0 Å². The summed E-state index contributed by atoms with van der Waals surface area (Å²) in [6, 6.07) is 8.76. The Hall–Kier alpha value is -2.27. The minimum Gasteiger partial charge on any atom is -0.497 e. The molecule has 106 valence electrons. The zero-order valence-electron chi connectivity index (χ0n) is 11.7. The van der Waals surface area contributed by atoms with E-state index in [1.165, 1.54) is 7.11 Å². The third-order valence-electron chi connectivity index (χ3n) is 2.98. The summed E-state index contributed by atoms with van der Waals surface area (Å²) in [5.74, 6) is 1.62. The van der Waals surface area contributed by atoms with E-state index in [0.29, 0.717) is 28.5 Å². The van der Waals surface area contributed by atoms with Gasteiger partial charge in [-0.15, -0.1) is 0 Å². The van der Waals surface area contributed by atoms with Gasteiger partial charge in [-0.25, -0.2) is 4.98 Å². The standard InChI is InChI=1S/C15H17NO4/c1-18-11-7-10(8-12(9-11)19-2)14(17)13-5-4-6-16-15(13)20-3/h4-9,14,17H,1-3H3. The molecule has 0 saturated heterocycles. The molecule has 0 aliphatic carbocycles. The first kappa shape index (κ1) is 14.1. The molecular formula is C15H17NO4. The van der Waals surface area contributed by atoms with Crippen molar-refractivity contribution in [2.24, 2.45) is 0 Å². The predicted molar refractivity (Wildman–Crippen MR) is 74.4 cm³/mol. The molecule has 20 heavy (non-hydrogen) atoms. The highest BCUT2D eigenvalue weighted by Gasteiger charge is 2.17. The van der Waals surface area contributed by atoms with Crippen LogP contribution < -0.4 is 14.2 Å². The smallest absolute Gasteiger partial charge is 0.219 e. The highest BCUT2D eigenvalue weighted by molar-refractivity contribution is 5.43. The van der Waals surface area contributed by atoms with Crippen LogP contribution in [-0.4, -0.2) is 31.4 Å². The van der Waals surface area contributed by atoms with Crippen molar-refractivity contribution >= 4 is 0 Å². The maximum absolute atomic E-state index is 10.5. The summed E-state index contributed by atoms with van der Waals surface area (Å²) in [6.07, 6.45) is 0.740. The average molecular weight is 275 g/mol. The number of methoxy groups -OCH3 is 3. The van der Waals surface area contributed by atoms with E-state index in [-0.39, 0.29) is 0 Å². The van der Waals surface area contributed by atoms with Gasteiger partial charge in [0.05, 0.1) is 21.3 Å². The van der Waals surface area contributed by atoms with Crippen LogP contribution in [0.15, 0.2) is 36.5 Å². The summed E-state index contributed by atoms with van der Waals surface area (Å²) >= 11 is 0. The number of aliphatic hydroxyl groups excluding tert-OH is 1. The molecule has 1 aromatic heterocycles. The Labute approximate surface area is 117 Å². The first-order valence-electron chi connectivity index (χ1n) is 6.09. The number of hydrogen-bond donors (Lipinski definition) is 1. The molecule has 1 unspecified atom stereocenters. The van der Waals surface area contributed by atoms with Gasteiger partial charge in [0.25, 0.3) is 0 Å². The Kier molecular flexibility index (Phi) is 4.42. The second-order valence-corrected chi connectivity index (χ2v) is 4.15. The molecule has 0 aliphatic heterocycles. The van der Waals surface area contributed by atoms with E-state index in [1.807, 2.05) is 0 Å². The molecular weight excluding hydrogens is 258 g/mol. The second-order valence-electron chi connectivity index (χ2n) is 4.15. The van der Waals surface area contributed by atoms with Gasteiger partial charge < -0.3 is 19.3 Å². The Bertz CT molecular complexity index is 564. The van der Waals surface area contributed by atoms with Gasteiger partial charge in [0.2, 0.25) is 5.88 Å². The van der Waals surface area contributed by atoms with Crippen LogP contribution in [0.25, 0.3) is 0 Å². The number of benzene rings is 1. The van der Waals surface area contributed by atoms with Crippen molar-refractivity contribution in [1.29, 1.82) is 0 Å². The SMILES string of the molecule is COc1cc(OC)cc(C(O)c2cccnc2OC)c1. The molecule has 0 radical (unpaired) electrons. The van der Waals surface area contributed by atoms with Crippen LogP contribution in [0.1, 0.15) is 17.2 Å². The third-order valence-corrected chi connectivity index (χ3v) is 2.98. The zero-order chi connectivity index (χ0) is 14.5. The molecule has 1 aromatic carbocycles. The molecule has 0 bridgehead atoms. The number of aliphatic hydroxyl groups is 1. The first-order chi connectivity index (χ1) is 9.69. The molecule has 0 aliphatic rings. The normalized spacial score (nSPS) is 11.8. The van der Waals surface area contributed by atoms with Crippen LogP contribution in [0.4, 0.5) is 0 Å². The predicted octanol–water partition coefficient (Wildman–Crippen LogP) is 2.19. The lowest BCUT2D eigenvalue weighted by Crippen LogP contribution is -2.04. The van der Waals surface area contributed by atoms with E-state index in [0.717, 1.165) is 0 Å². The van der Waals surface area contributed by atoms with Crippen LogP contribution in [0, 0.1) is 0 Å². The minimum atomic E-state index is -0.873. The summed E-state index contributed by atoms with van der Waals surface area (Å²) in [5.41, 5.74) is 1.23. The second kappa shape index (κ2) is 6.25. The summed E-state index contributed by atoms with van der Waals surface area (Å²) in [6.45, 7) is 0. The van der Waals surface area contributed by atoms with Crippen LogP contribution >= 0.6 is 0 Å². The van der Waals surface area contributed by atoms with E-state index in [2.05, 4.69) is 4.98 Å². The quantitative estimate of drug-likeness (QED) is 0.906. The van der Waals surface area contributed by atoms with E-state index in [4.69, 9.17) is 14.2 Å². The zero-order valence-corrected chi connectivity index (χ0v) is 11.7. The topological polar surface area (TPSA) is 60.8 Å².